The van der Waals surface area contributed by atoms with Gasteiger partial charge in [-0.3, -0.25) is 9.88 Å². The van der Waals surface area contributed by atoms with E-state index in [0.29, 0.717) is 41.3 Å². The molecule has 1 aliphatic rings. The minimum atomic E-state index is -0.0957. The summed E-state index contributed by atoms with van der Waals surface area (Å²) in [6, 6.07) is 30.7. The average molecular weight is 759 g/mol. The summed E-state index contributed by atoms with van der Waals surface area (Å²) in [5.41, 5.74) is 8.87. The molecule has 2 heterocycles. The van der Waals surface area contributed by atoms with Crippen molar-refractivity contribution in [3.05, 3.63) is 141 Å². The fourth-order valence-corrected chi connectivity index (χ4v) is 7.44. The first-order chi connectivity index (χ1) is 26.8. The van der Waals surface area contributed by atoms with Crippen LogP contribution in [0.5, 0.6) is 17.2 Å². The van der Waals surface area contributed by atoms with Gasteiger partial charge >= 0.3 is 0 Å². The number of ether oxygens (including phenoxy) is 3. The van der Waals surface area contributed by atoms with Gasteiger partial charge < -0.3 is 24.6 Å². The van der Waals surface area contributed by atoms with Gasteiger partial charge in [0.25, 0.3) is 0 Å². The number of halogens is 1. The zero-order chi connectivity index (χ0) is 38.6. The molecule has 1 aliphatic heterocycles. The zero-order valence-electron chi connectivity index (χ0n) is 32.1. The highest BCUT2D eigenvalue weighted by molar-refractivity contribution is 6.32. The Hall–Kier alpha value is -4.91. The second kappa shape index (κ2) is 19.6. The van der Waals surface area contributed by atoms with E-state index in [2.05, 4.69) is 66.3 Å². The van der Waals surface area contributed by atoms with Crippen molar-refractivity contribution >= 4 is 11.6 Å². The van der Waals surface area contributed by atoms with E-state index in [9.17, 15) is 10.4 Å². The zero-order valence-corrected chi connectivity index (χ0v) is 32.8. The lowest BCUT2D eigenvalue weighted by Gasteiger charge is -2.33. The van der Waals surface area contributed by atoms with Crippen molar-refractivity contribution in [2.24, 2.45) is 0 Å². The van der Waals surface area contributed by atoms with Crippen molar-refractivity contribution in [1.29, 1.82) is 5.26 Å². The number of nitrogens with zero attached hydrogens (tertiary/aromatic N) is 3. The number of aromatic nitrogens is 1. The highest BCUT2D eigenvalue weighted by Gasteiger charge is 2.22. The Kier molecular flexibility index (Phi) is 14.2. The Morgan fingerprint density at radius 2 is 1.65 bits per heavy atom. The van der Waals surface area contributed by atoms with Crippen molar-refractivity contribution < 1.29 is 19.3 Å². The molecular weight excluding hydrogens is 708 g/mol. The molecular formula is C46H51ClN4O4. The van der Waals surface area contributed by atoms with Crippen LogP contribution in [0.2, 0.25) is 5.02 Å². The summed E-state index contributed by atoms with van der Waals surface area (Å²) < 4.78 is 19.1. The summed E-state index contributed by atoms with van der Waals surface area (Å²) in [5, 5.41) is 23.2. The third kappa shape index (κ3) is 10.4. The van der Waals surface area contributed by atoms with Crippen molar-refractivity contribution in [3.8, 4) is 34.4 Å². The lowest BCUT2D eigenvalue weighted by molar-refractivity contribution is 0.150. The number of hydrogen-bond donors (Lipinski definition) is 2. The van der Waals surface area contributed by atoms with E-state index < -0.39 is 0 Å². The normalized spacial score (nSPS) is 14.9. The summed E-state index contributed by atoms with van der Waals surface area (Å²) in [6.07, 6.45) is 7.67. The molecule has 9 heteroatoms. The van der Waals surface area contributed by atoms with Gasteiger partial charge in [0.05, 0.1) is 29.8 Å². The van der Waals surface area contributed by atoms with E-state index in [1.807, 2.05) is 54.6 Å². The van der Waals surface area contributed by atoms with Crippen LogP contribution >= 0.6 is 11.6 Å². The molecule has 0 unspecified atom stereocenters. The van der Waals surface area contributed by atoms with Gasteiger partial charge in [-0.2, -0.15) is 5.26 Å². The summed E-state index contributed by atoms with van der Waals surface area (Å²) in [4.78, 5) is 6.68. The van der Waals surface area contributed by atoms with E-state index in [0.717, 1.165) is 76.3 Å². The van der Waals surface area contributed by atoms with Gasteiger partial charge in [0.15, 0.2) is 0 Å². The Balaban J connectivity index is 1.13. The van der Waals surface area contributed by atoms with Crippen LogP contribution in [0.15, 0.2) is 97.3 Å². The molecule has 4 aromatic carbocycles. The monoisotopic (exact) mass is 758 g/mol. The third-order valence-electron chi connectivity index (χ3n) is 10.5. The van der Waals surface area contributed by atoms with Crippen molar-refractivity contribution in [2.75, 3.05) is 26.3 Å². The van der Waals surface area contributed by atoms with Gasteiger partial charge in [0.2, 0.25) is 0 Å². The first-order valence-corrected chi connectivity index (χ1v) is 19.6. The SMILES string of the molecule is Cc1c(COc2cc(OCc3cncc(C#N)c3)c(CN3CCCC[C@H]3C)cc2Cl)cccc1-c1cccc(OCCCN[C@@H](CO)c2ccccc2)c1C. The number of aliphatic hydroxyl groups excluding tert-OH is 1. The Morgan fingerprint density at radius 3 is 2.44 bits per heavy atom. The summed E-state index contributed by atoms with van der Waals surface area (Å²) in [7, 11) is 0. The molecule has 8 nitrogen and oxygen atoms in total. The molecule has 1 saturated heterocycles. The van der Waals surface area contributed by atoms with E-state index in [4.69, 9.17) is 25.8 Å². The highest BCUT2D eigenvalue weighted by atomic mass is 35.5. The first-order valence-electron chi connectivity index (χ1n) is 19.2. The largest absolute Gasteiger partial charge is 0.493 e. The smallest absolute Gasteiger partial charge is 0.142 e. The van der Waals surface area contributed by atoms with Gasteiger partial charge in [-0.15, -0.1) is 0 Å². The fraction of sp³-hybridized carbons (Fsp3) is 0.348. The molecule has 5 aromatic rings. The van der Waals surface area contributed by atoms with Crippen molar-refractivity contribution in [1.82, 2.24) is 15.2 Å². The maximum Gasteiger partial charge on any atom is 0.142 e. The van der Waals surface area contributed by atoms with E-state index >= 15 is 0 Å². The lowest BCUT2D eigenvalue weighted by atomic mass is 9.93. The van der Waals surface area contributed by atoms with Gasteiger partial charge in [-0.05, 0) is 105 Å². The van der Waals surface area contributed by atoms with E-state index in [1.54, 1.807) is 18.5 Å². The number of rotatable bonds is 17. The molecule has 2 atom stereocenters. The van der Waals surface area contributed by atoms with Crippen LogP contribution in [0, 0.1) is 25.2 Å². The van der Waals surface area contributed by atoms with Crippen LogP contribution < -0.4 is 19.5 Å². The molecule has 0 bridgehead atoms. The predicted octanol–water partition coefficient (Wildman–Crippen LogP) is 9.52. The molecule has 0 aliphatic carbocycles. The molecule has 2 N–H and O–H groups in total. The molecule has 0 radical (unpaired) electrons. The number of hydrogen-bond acceptors (Lipinski definition) is 8. The Bertz CT molecular complexity index is 2070. The van der Waals surface area contributed by atoms with Gasteiger partial charge in [0.1, 0.15) is 36.5 Å². The minimum Gasteiger partial charge on any atom is -0.493 e. The maximum absolute atomic E-state index is 9.86. The van der Waals surface area contributed by atoms with Crippen LogP contribution in [-0.4, -0.2) is 47.3 Å². The molecule has 0 amide bonds. The number of piperidine rings is 1. The number of benzene rings is 4. The van der Waals surface area contributed by atoms with Gasteiger partial charge in [-0.1, -0.05) is 78.7 Å². The number of nitrogens with one attached hydrogen (secondary N) is 1. The first kappa shape index (κ1) is 39.8. The van der Waals surface area contributed by atoms with Crippen molar-refractivity contribution in [2.45, 2.75) is 78.3 Å². The van der Waals surface area contributed by atoms with Crippen LogP contribution in [0.4, 0.5) is 0 Å². The van der Waals surface area contributed by atoms with E-state index in [-0.39, 0.29) is 19.3 Å². The Labute approximate surface area is 330 Å². The van der Waals surface area contributed by atoms with Gasteiger partial charge in [-0.25, -0.2) is 0 Å². The average Bonchev–Trinajstić information content (AvgIpc) is 3.21. The number of nitriles is 1. The Morgan fingerprint density at radius 1 is 0.873 bits per heavy atom. The molecule has 0 saturated carbocycles. The highest BCUT2D eigenvalue weighted by Crippen LogP contribution is 2.37. The third-order valence-corrected chi connectivity index (χ3v) is 10.8. The van der Waals surface area contributed by atoms with Crippen LogP contribution in [-0.2, 0) is 19.8 Å². The molecule has 55 heavy (non-hydrogen) atoms. The maximum atomic E-state index is 9.86. The fourth-order valence-electron chi connectivity index (χ4n) is 7.20. The molecule has 1 fully saturated rings. The molecule has 286 valence electrons. The number of likely N-dealkylation sites (tertiary alicyclic amines) is 1. The molecule has 0 spiro atoms. The lowest BCUT2D eigenvalue weighted by Crippen LogP contribution is -2.36. The van der Waals surface area contributed by atoms with Crippen LogP contribution in [0.3, 0.4) is 0 Å². The van der Waals surface area contributed by atoms with Gasteiger partial charge in [0, 0.05) is 42.2 Å². The van der Waals surface area contributed by atoms with Crippen molar-refractivity contribution in [3.63, 3.8) is 0 Å². The molecule has 1 aromatic heterocycles. The minimum absolute atomic E-state index is 0.0426. The number of aliphatic hydroxyl groups is 1. The summed E-state index contributed by atoms with van der Waals surface area (Å²) >= 11 is 6.92. The quantitative estimate of drug-likeness (QED) is 0.0906. The summed E-state index contributed by atoms with van der Waals surface area (Å²) in [6.45, 7) is 10.2. The summed E-state index contributed by atoms with van der Waals surface area (Å²) in [5.74, 6) is 2.11. The van der Waals surface area contributed by atoms with E-state index in [1.165, 1.54) is 19.3 Å². The number of pyridine rings is 1. The predicted molar refractivity (Wildman–Crippen MR) is 219 cm³/mol. The second-order valence-corrected chi connectivity index (χ2v) is 14.7. The van der Waals surface area contributed by atoms with Crippen LogP contribution in [0.1, 0.15) is 77.6 Å². The standard InChI is InChI=1S/C46H51ClN4O4/c1-32-12-7-8-20-51(32)28-39-23-42(47)46(24-45(39)54-30-36-22-35(25-48)26-49-27-36)55-31-38-15-9-16-40(33(38)2)41-17-10-18-44(34(41)3)53-21-11-19-50-43(29-52)37-13-5-4-6-14-37/h4-6,9-10,13-18,22-24,26-27,32,43,50,52H,7-8,11-12,19-21,28-31H2,1-3H3/t32-,43+/m1/s1. The topological polar surface area (TPSA) is 99.9 Å². The second-order valence-electron chi connectivity index (χ2n) is 14.3. The van der Waals surface area contributed by atoms with Crippen LogP contribution in [0.25, 0.3) is 11.1 Å². The molecule has 6 rings (SSSR count).